The fourth-order valence-corrected chi connectivity index (χ4v) is 8.09. The van der Waals surface area contributed by atoms with Gasteiger partial charge in [0.15, 0.2) is 0 Å². The predicted octanol–water partition coefficient (Wildman–Crippen LogP) is 4.39. The number of amides is 1. The summed E-state index contributed by atoms with van der Waals surface area (Å²) in [6.45, 7) is 9.32. The molecule has 10 atom stereocenters. The van der Waals surface area contributed by atoms with E-state index in [1.54, 1.807) is 0 Å². The highest BCUT2D eigenvalue weighted by Gasteiger charge is 2.63. The van der Waals surface area contributed by atoms with Gasteiger partial charge in [0.1, 0.15) is 0 Å². The zero-order chi connectivity index (χ0) is 18.0. The van der Waals surface area contributed by atoms with Crippen LogP contribution in [0.2, 0.25) is 0 Å². The van der Waals surface area contributed by atoms with Crippen molar-refractivity contribution in [3.05, 3.63) is 0 Å². The van der Waals surface area contributed by atoms with E-state index in [1.165, 1.54) is 32.1 Å². The molecule has 0 aliphatic heterocycles. The number of carbonyl (C=O) groups is 1. The van der Waals surface area contributed by atoms with Gasteiger partial charge in [0.05, 0.1) is 11.5 Å². The Bertz CT molecular complexity index is 597. The number of nitrogens with one attached hydrogen (secondary N) is 1. The van der Waals surface area contributed by atoms with Gasteiger partial charge in [0.2, 0.25) is 6.41 Å². The molecule has 4 saturated carbocycles. The number of carbonyl (C=O) groups excluding carboxylic acids is 1. The van der Waals surface area contributed by atoms with Crippen molar-refractivity contribution in [2.45, 2.75) is 71.8 Å². The summed E-state index contributed by atoms with van der Waals surface area (Å²) in [7, 11) is 0. The van der Waals surface area contributed by atoms with Crippen molar-refractivity contribution < 1.29 is 4.79 Å². The highest BCUT2D eigenvalue weighted by Crippen LogP contribution is 2.67. The van der Waals surface area contributed by atoms with Gasteiger partial charge in [-0.3, -0.25) is 4.79 Å². The topological polar surface area (TPSA) is 52.9 Å². The summed E-state index contributed by atoms with van der Waals surface area (Å²) in [6, 6.07) is 2.77. The Morgan fingerprint density at radius 2 is 1.80 bits per heavy atom. The van der Waals surface area contributed by atoms with Crippen LogP contribution in [-0.2, 0) is 4.79 Å². The monoisotopic (exact) mass is 342 g/mol. The van der Waals surface area contributed by atoms with E-state index in [-0.39, 0.29) is 11.0 Å². The van der Waals surface area contributed by atoms with Crippen LogP contribution < -0.4 is 5.32 Å². The third kappa shape index (κ3) is 2.25. The molecule has 0 bridgehead atoms. The maximum absolute atomic E-state index is 11.3. The van der Waals surface area contributed by atoms with E-state index in [0.717, 1.165) is 30.6 Å². The molecule has 1 N–H and O–H groups in total. The van der Waals surface area contributed by atoms with Crippen LogP contribution in [0.5, 0.6) is 0 Å². The molecule has 25 heavy (non-hydrogen) atoms. The first-order valence-electron chi connectivity index (χ1n) is 10.5. The summed E-state index contributed by atoms with van der Waals surface area (Å²) < 4.78 is 0. The van der Waals surface area contributed by atoms with Crippen LogP contribution in [0.1, 0.15) is 66.2 Å². The number of nitriles is 1. The minimum atomic E-state index is -0.163. The summed E-state index contributed by atoms with van der Waals surface area (Å²) in [5, 5.41) is 13.3. The molecule has 3 nitrogen and oxygen atoms in total. The SMILES string of the molecule is C[C@@H]1C[C@@H]2C[C@H](C)[C@H]3CC[C@](C)(NC=O)[C@H]4CC[C@@H]([C@@H]2[C@H]34)[C@]1(C)C#N. The van der Waals surface area contributed by atoms with Crippen molar-refractivity contribution in [2.24, 2.45) is 52.8 Å². The summed E-state index contributed by atoms with van der Waals surface area (Å²) >= 11 is 0. The van der Waals surface area contributed by atoms with Crippen LogP contribution in [0, 0.1) is 64.1 Å². The van der Waals surface area contributed by atoms with Gasteiger partial charge in [-0.05, 0) is 99.7 Å². The minimum Gasteiger partial charge on any atom is -0.353 e. The highest BCUT2D eigenvalue weighted by atomic mass is 16.1. The maximum Gasteiger partial charge on any atom is 0.207 e. The first kappa shape index (κ1) is 17.4. The van der Waals surface area contributed by atoms with E-state index in [0.29, 0.717) is 29.6 Å². The molecule has 0 aromatic carbocycles. The van der Waals surface area contributed by atoms with Gasteiger partial charge in [-0.2, -0.15) is 5.26 Å². The minimum absolute atomic E-state index is 0.0401. The molecule has 4 fully saturated rings. The second-order valence-electron chi connectivity index (χ2n) is 10.3. The number of nitrogens with zero attached hydrogens (tertiary/aromatic N) is 1. The Morgan fingerprint density at radius 1 is 1.08 bits per heavy atom. The molecule has 0 unspecified atom stereocenters. The van der Waals surface area contributed by atoms with Crippen molar-refractivity contribution >= 4 is 6.41 Å². The predicted molar refractivity (Wildman–Crippen MR) is 98.3 cm³/mol. The molecular weight excluding hydrogens is 308 g/mol. The Morgan fingerprint density at radius 3 is 2.48 bits per heavy atom. The lowest BCUT2D eigenvalue weighted by atomic mass is 9.39. The van der Waals surface area contributed by atoms with Crippen molar-refractivity contribution in [3.63, 3.8) is 0 Å². The van der Waals surface area contributed by atoms with E-state index in [4.69, 9.17) is 0 Å². The molecule has 0 aromatic heterocycles. The van der Waals surface area contributed by atoms with Crippen LogP contribution in [0.4, 0.5) is 0 Å². The van der Waals surface area contributed by atoms with Gasteiger partial charge in [0.25, 0.3) is 0 Å². The summed E-state index contributed by atoms with van der Waals surface area (Å²) in [4.78, 5) is 11.3. The number of hydrogen-bond donors (Lipinski definition) is 1. The molecule has 0 spiro atoms. The molecule has 1 amide bonds. The quantitative estimate of drug-likeness (QED) is 0.757. The average Bonchev–Trinajstić information content (AvgIpc) is 2.58. The van der Waals surface area contributed by atoms with E-state index >= 15 is 0 Å². The van der Waals surface area contributed by atoms with Gasteiger partial charge in [-0.1, -0.05) is 13.8 Å². The van der Waals surface area contributed by atoms with Gasteiger partial charge in [0, 0.05) is 5.54 Å². The van der Waals surface area contributed by atoms with Crippen LogP contribution in [0.25, 0.3) is 0 Å². The van der Waals surface area contributed by atoms with Crippen LogP contribution in [0.3, 0.4) is 0 Å². The number of hydrogen-bond acceptors (Lipinski definition) is 2. The molecular formula is C22H34N2O. The molecule has 4 rings (SSSR count). The third-order valence-corrected chi connectivity index (χ3v) is 9.50. The smallest absolute Gasteiger partial charge is 0.207 e. The standard InChI is InChI=1S/C22H34N2O/c1-13-9-15-10-14(2)21(3,11-23)17-5-6-18-20(19(15)17)16(13)7-8-22(18,4)24-12-25/h12-20H,5-10H2,1-4H3,(H,24,25)/t13-,14+,15-,16+,17-,18-,19+,20+,21+,22-/m0/s1. The normalized spacial score (nSPS) is 57.1. The van der Waals surface area contributed by atoms with Gasteiger partial charge in [-0.25, -0.2) is 0 Å². The van der Waals surface area contributed by atoms with Gasteiger partial charge in [-0.15, -0.1) is 0 Å². The second-order valence-corrected chi connectivity index (χ2v) is 10.3. The largest absolute Gasteiger partial charge is 0.353 e. The lowest BCUT2D eigenvalue weighted by Crippen LogP contribution is -2.65. The lowest BCUT2D eigenvalue weighted by molar-refractivity contribution is -0.163. The van der Waals surface area contributed by atoms with E-state index in [9.17, 15) is 10.1 Å². The van der Waals surface area contributed by atoms with E-state index in [1.807, 2.05) is 0 Å². The molecule has 3 heteroatoms. The molecule has 138 valence electrons. The zero-order valence-electron chi connectivity index (χ0n) is 16.3. The van der Waals surface area contributed by atoms with E-state index < -0.39 is 0 Å². The second kappa shape index (κ2) is 5.73. The average molecular weight is 343 g/mol. The molecule has 4 aliphatic carbocycles. The fourth-order valence-electron chi connectivity index (χ4n) is 8.09. The maximum atomic E-state index is 11.3. The summed E-state index contributed by atoms with van der Waals surface area (Å²) in [5.41, 5.74) is -0.204. The van der Waals surface area contributed by atoms with Gasteiger partial charge >= 0.3 is 0 Å². The Labute approximate surface area is 152 Å². The Hall–Kier alpha value is -1.04. The molecule has 0 aromatic rings. The van der Waals surface area contributed by atoms with Crippen LogP contribution >= 0.6 is 0 Å². The van der Waals surface area contributed by atoms with Crippen molar-refractivity contribution in [3.8, 4) is 6.07 Å². The molecule has 0 radical (unpaired) electrons. The molecule has 4 aliphatic rings. The Balaban J connectivity index is 1.76. The van der Waals surface area contributed by atoms with E-state index in [2.05, 4.69) is 39.1 Å². The van der Waals surface area contributed by atoms with Crippen LogP contribution in [-0.4, -0.2) is 11.9 Å². The fraction of sp³-hybridized carbons (Fsp3) is 0.909. The first-order valence-corrected chi connectivity index (χ1v) is 10.5. The summed E-state index contributed by atoms with van der Waals surface area (Å²) in [5.74, 6) is 5.46. The van der Waals surface area contributed by atoms with Crippen molar-refractivity contribution in [1.29, 1.82) is 5.26 Å². The lowest BCUT2D eigenvalue weighted by Gasteiger charge is -2.66. The summed E-state index contributed by atoms with van der Waals surface area (Å²) in [6.07, 6.45) is 8.24. The number of rotatable bonds is 2. The zero-order valence-corrected chi connectivity index (χ0v) is 16.3. The van der Waals surface area contributed by atoms with Crippen molar-refractivity contribution in [1.82, 2.24) is 5.32 Å². The molecule has 0 saturated heterocycles. The van der Waals surface area contributed by atoms with Crippen LogP contribution in [0.15, 0.2) is 0 Å². The third-order valence-electron chi connectivity index (χ3n) is 9.50. The van der Waals surface area contributed by atoms with Gasteiger partial charge < -0.3 is 5.32 Å². The Kier molecular flexibility index (Phi) is 3.98. The highest BCUT2D eigenvalue weighted by molar-refractivity contribution is 5.48. The molecule has 0 heterocycles. The van der Waals surface area contributed by atoms with Crippen molar-refractivity contribution in [2.75, 3.05) is 0 Å². The first-order chi connectivity index (χ1) is 11.9.